The van der Waals surface area contributed by atoms with Gasteiger partial charge in [-0.1, -0.05) is 62.9 Å². The predicted molar refractivity (Wildman–Crippen MR) is 163 cm³/mol. The van der Waals surface area contributed by atoms with Crippen LogP contribution in [0.3, 0.4) is 0 Å². The van der Waals surface area contributed by atoms with Crippen molar-refractivity contribution in [1.82, 2.24) is 0 Å². The van der Waals surface area contributed by atoms with E-state index in [1.807, 2.05) is 6.92 Å². The summed E-state index contributed by atoms with van der Waals surface area (Å²) < 4.78 is 31.3. The smallest absolute Gasteiger partial charge is 0.192 e. The number of rotatable bonds is 8. The molecule has 1 aromatic carbocycles. The highest BCUT2D eigenvalue weighted by Crippen LogP contribution is 2.77. The van der Waals surface area contributed by atoms with Crippen LogP contribution in [-0.2, 0) is 29.5 Å². The molecular weight excluding hydrogens is 540 g/mol. The van der Waals surface area contributed by atoms with E-state index in [4.69, 9.17) is 23.7 Å². The minimum atomic E-state index is -0.839. The Morgan fingerprint density at radius 2 is 1.65 bits per heavy atom. The molecule has 1 N–H and O–H groups in total. The summed E-state index contributed by atoms with van der Waals surface area (Å²) in [6, 6.07) is 9.08. The molecule has 2 aliphatic heterocycles. The Morgan fingerprint density at radius 1 is 0.907 bits per heavy atom. The standard InChI is InChI=1S/C37H52O6/c1-4-5-6-7-16-43-37-22-27(37)21-31-28-12-14-35(38)24-36(41-19-20-42-36)15-13-30(35)32(28)29(23-33(31,37)2)25-8-10-26(11-9-25)34(3)39-17-18-40-34/h8-11,27-29,31,38H,4-7,12-24H2,1-3H3/t27-,28-,29+,31-,33-,35+,37-/m0/s1. The van der Waals surface area contributed by atoms with Gasteiger partial charge in [-0.15, -0.1) is 0 Å². The first-order valence-electron chi connectivity index (χ1n) is 17.5. The zero-order chi connectivity index (χ0) is 29.5. The molecule has 43 heavy (non-hydrogen) atoms. The lowest BCUT2D eigenvalue weighted by Gasteiger charge is -2.57. The lowest BCUT2D eigenvalue weighted by molar-refractivity contribution is -0.208. The molecule has 5 aliphatic carbocycles. The number of aliphatic hydroxyl groups is 1. The summed E-state index contributed by atoms with van der Waals surface area (Å²) in [5.74, 6) is 0.823. The monoisotopic (exact) mass is 592 g/mol. The molecule has 0 radical (unpaired) electrons. The van der Waals surface area contributed by atoms with Crippen LogP contribution in [0.25, 0.3) is 0 Å². The first kappa shape index (κ1) is 29.1. The molecule has 7 aliphatic rings. The maximum Gasteiger partial charge on any atom is 0.192 e. The Labute approximate surface area is 257 Å². The maximum atomic E-state index is 12.4. The highest BCUT2D eigenvalue weighted by atomic mass is 16.7. The van der Waals surface area contributed by atoms with Gasteiger partial charge in [0.1, 0.15) is 0 Å². The number of unbranched alkanes of at least 4 members (excludes halogenated alkanes) is 3. The number of fused-ring (bicyclic) bond motifs is 6. The number of allylic oxidation sites excluding steroid dienone is 1. The lowest BCUT2D eigenvalue weighted by Crippen LogP contribution is -2.54. The first-order chi connectivity index (χ1) is 20.8. The Hall–Kier alpha value is -1.28. The Kier molecular flexibility index (Phi) is 7.03. The SMILES string of the molecule is CCCCCCO[C@@]12C[C@@H]1C[C@H]1[C@@H]3CC[C@@]4(O)CC5(CCC4=C3[C@@H](c3ccc(C4(C)OCCO4)cc3)C[C@@]12C)OCCO5. The van der Waals surface area contributed by atoms with Gasteiger partial charge >= 0.3 is 0 Å². The van der Waals surface area contributed by atoms with Crippen LogP contribution in [-0.4, -0.2) is 55.1 Å². The van der Waals surface area contributed by atoms with Gasteiger partial charge in [0, 0.05) is 36.3 Å². The summed E-state index contributed by atoms with van der Waals surface area (Å²) in [7, 11) is 0. The van der Waals surface area contributed by atoms with Crippen molar-refractivity contribution < 1.29 is 28.8 Å². The first-order valence-corrected chi connectivity index (χ1v) is 17.5. The van der Waals surface area contributed by atoms with Crippen LogP contribution in [0.2, 0.25) is 0 Å². The van der Waals surface area contributed by atoms with Gasteiger partial charge in [-0.25, -0.2) is 0 Å². The summed E-state index contributed by atoms with van der Waals surface area (Å²) in [5.41, 5.74) is 4.64. The van der Waals surface area contributed by atoms with E-state index in [2.05, 4.69) is 38.1 Å². The third kappa shape index (κ3) is 4.41. The Balaban J connectivity index is 1.16. The normalized spacial score (nSPS) is 42.0. The van der Waals surface area contributed by atoms with Crippen LogP contribution in [0.15, 0.2) is 35.4 Å². The van der Waals surface area contributed by atoms with Gasteiger partial charge in [0.05, 0.1) is 37.6 Å². The third-order valence-electron chi connectivity index (χ3n) is 13.2. The molecule has 0 unspecified atom stereocenters. The van der Waals surface area contributed by atoms with Crippen LogP contribution in [0.4, 0.5) is 0 Å². The van der Waals surface area contributed by atoms with Gasteiger partial charge in [0.25, 0.3) is 0 Å². The van der Waals surface area contributed by atoms with Crippen molar-refractivity contribution in [1.29, 1.82) is 0 Å². The molecule has 0 bridgehead atoms. The topological polar surface area (TPSA) is 66.4 Å². The molecule has 236 valence electrons. The van der Waals surface area contributed by atoms with Crippen LogP contribution in [0.1, 0.15) is 115 Å². The highest BCUT2D eigenvalue weighted by Gasteiger charge is 2.76. The van der Waals surface area contributed by atoms with E-state index < -0.39 is 17.2 Å². The van der Waals surface area contributed by atoms with Gasteiger partial charge in [-0.3, -0.25) is 0 Å². The van der Waals surface area contributed by atoms with E-state index in [0.717, 1.165) is 44.3 Å². The molecule has 1 spiro atoms. The summed E-state index contributed by atoms with van der Waals surface area (Å²) in [4.78, 5) is 0. The summed E-state index contributed by atoms with van der Waals surface area (Å²) >= 11 is 0. The van der Waals surface area contributed by atoms with Crippen molar-refractivity contribution in [2.45, 2.75) is 127 Å². The van der Waals surface area contributed by atoms with Crippen molar-refractivity contribution in [2.24, 2.45) is 23.2 Å². The summed E-state index contributed by atoms with van der Waals surface area (Å²) in [5, 5.41) is 12.4. The summed E-state index contributed by atoms with van der Waals surface area (Å²) in [6.45, 7) is 10.3. The number of hydrogen-bond donors (Lipinski definition) is 1. The second kappa shape index (κ2) is 10.4. The van der Waals surface area contributed by atoms with Crippen LogP contribution in [0.5, 0.6) is 0 Å². The minimum Gasteiger partial charge on any atom is -0.385 e. The second-order valence-electron chi connectivity index (χ2n) is 15.4. The molecule has 0 amide bonds. The van der Waals surface area contributed by atoms with E-state index >= 15 is 0 Å². The lowest BCUT2D eigenvalue weighted by atomic mass is 9.50. The van der Waals surface area contributed by atoms with E-state index in [9.17, 15) is 5.11 Å². The van der Waals surface area contributed by atoms with Crippen LogP contribution < -0.4 is 0 Å². The van der Waals surface area contributed by atoms with Crippen LogP contribution in [0, 0.1) is 23.2 Å². The van der Waals surface area contributed by atoms with Crippen molar-refractivity contribution >= 4 is 0 Å². The van der Waals surface area contributed by atoms with Gasteiger partial charge in [0.15, 0.2) is 11.6 Å². The molecular formula is C37H52O6. The maximum absolute atomic E-state index is 12.4. The Bertz CT molecular complexity index is 1240. The minimum absolute atomic E-state index is 0.0349. The molecule has 0 aromatic heterocycles. The van der Waals surface area contributed by atoms with Crippen molar-refractivity contribution in [3.05, 3.63) is 46.5 Å². The third-order valence-corrected chi connectivity index (χ3v) is 13.2. The average molecular weight is 593 g/mol. The van der Waals surface area contributed by atoms with Gasteiger partial charge in [-0.2, -0.15) is 0 Å². The predicted octanol–water partition coefficient (Wildman–Crippen LogP) is 7.14. The zero-order valence-electron chi connectivity index (χ0n) is 26.6. The van der Waals surface area contributed by atoms with Gasteiger partial charge in [0.2, 0.25) is 0 Å². The fourth-order valence-corrected chi connectivity index (χ4v) is 11.0. The van der Waals surface area contributed by atoms with Gasteiger partial charge < -0.3 is 28.8 Å². The van der Waals surface area contributed by atoms with E-state index in [1.54, 1.807) is 5.57 Å². The number of hydrogen-bond acceptors (Lipinski definition) is 6. The molecule has 4 saturated carbocycles. The zero-order valence-corrected chi connectivity index (χ0v) is 26.6. The molecule has 1 aromatic rings. The molecule has 7 atom stereocenters. The van der Waals surface area contributed by atoms with Crippen molar-refractivity contribution in [2.75, 3.05) is 33.0 Å². The van der Waals surface area contributed by atoms with Crippen molar-refractivity contribution in [3.8, 4) is 0 Å². The second-order valence-corrected chi connectivity index (χ2v) is 15.4. The molecule has 2 saturated heterocycles. The quantitative estimate of drug-likeness (QED) is 0.256. The molecule has 6 fully saturated rings. The average Bonchev–Trinajstić information content (AvgIpc) is 3.25. The summed E-state index contributed by atoms with van der Waals surface area (Å²) in [6.07, 6.45) is 12.7. The molecule has 6 nitrogen and oxygen atoms in total. The largest absolute Gasteiger partial charge is 0.385 e. The number of ether oxygens (including phenoxy) is 5. The fraction of sp³-hybridized carbons (Fsp3) is 0.784. The van der Waals surface area contributed by atoms with Crippen LogP contribution >= 0.6 is 0 Å². The molecule has 8 rings (SSSR count). The highest BCUT2D eigenvalue weighted by molar-refractivity contribution is 5.46. The van der Waals surface area contributed by atoms with E-state index in [0.29, 0.717) is 50.6 Å². The fourth-order valence-electron chi connectivity index (χ4n) is 11.0. The van der Waals surface area contributed by atoms with Crippen molar-refractivity contribution in [3.63, 3.8) is 0 Å². The molecule has 6 heteroatoms. The Morgan fingerprint density at radius 3 is 2.40 bits per heavy atom. The van der Waals surface area contributed by atoms with E-state index in [1.165, 1.54) is 49.7 Å². The number of benzene rings is 1. The molecule has 2 heterocycles. The van der Waals surface area contributed by atoms with E-state index in [-0.39, 0.29) is 16.9 Å². The van der Waals surface area contributed by atoms with Gasteiger partial charge in [-0.05, 0) is 80.8 Å².